The van der Waals surface area contributed by atoms with Crippen LogP contribution in [0.4, 0.5) is 0 Å². The maximum Gasteiger partial charge on any atom is 0.325 e. The summed E-state index contributed by atoms with van der Waals surface area (Å²) < 4.78 is 4.79. The van der Waals surface area contributed by atoms with Crippen molar-refractivity contribution >= 4 is 23.7 Å². The normalized spacial score (nSPS) is 9.92. The van der Waals surface area contributed by atoms with Crippen LogP contribution in [0.1, 0.15) is 21.5 Å². The lowest BCUT2D eigenvalue weighted by atomic mass is 10.1. The van der Waals surface area contributed by atoms with E-state index in [0.717, 1.165) is 16.0 Å². The molecular weight excluding hydrogens is 326 g/mol. The SMILES string of the molecule is CNC(=O)CN(C)C(=O)COC(=O)CNC(=O)c1ccc(C)c(C)c1. The topological polar surface area (TPSA) is 105 Å². The van der Waals surface area contributed by atoms with Gasteiger partial charge in [-0.2, -0.15) is 0 Å². The Labute approximate surface area is 146 Å². The van der Waals surface area contributed by atoms with Crippen molar-refractivity contribution < 1.29 is 23.9 Å². The van der Waals surface area contributed by atoms with E-state index in [9.17, 15) is 19.2 Å². The number of ether oxygens (including phenoxy) is 1. The van der Waals surface area contributed by atoms with Gasteiger partial charge in [-0.1, -0.05) is 6.07 Å². The Hall–Kier alpha value is -2.90. The molecule has 0 radical (unpaired) electrons. The molecular formula is C17H23N3O5. The minimum absolute atomic E-state index is 0.129. The Balaban J connectivity index is 2.39. The molecule has 0 fully saturated rings. The van der Waals surface area contributed by atoms with Crippen LogP contribution in [0.15, 0.2) is 18.2 Å². The molecule has 0 spiro atoms. The Bertz CT molecular complexity index is 672. The Morgan fingerprint density at radius 2 is 1.80 bits per heavy atom. The number of hydrogen-bond acceptors (Lipinski definition) is 5. The zero-order chi connectivity index (χ0) is 19.0. The molecule has 136 valence electrons. The van der Waals surface area contributed by atoms with Gasteiger partial charge in [-0.05, 0) is 37.1 Å². The van der Waals surface area contributed by atoms with E-state index in [1.807, 2.05) is 19.9 Å². The Kier molecular flexibility index (Phi) is 7.58. The van der Waals surface area contributed by atoms with Gasteiger partial charge < -0.3 is 20.3 Å². The van der Waals surface area contributed by atoms with E-state index in [-0.39, 0.29) is 19.0 Å². The molecule has 1 aromatic rings. The minimum atomic E-state index is -0.737. The second-order valence-corrected chi connectivity index (χ2v) is 5.57. The van der Waals surface area contributed by atoms with E-state index in [4.69, 9.17) is 4.74 Å². The van der Waals surface area contributed by atoms with E-state index >= 15 is 0 Å². The molecule has 0 aliphatic heterocycles. The van der Waals surface area contributed by atoms with Crippen molar-refractivity contribution in [2.75, 3.05) is 33.8 Å². The van der Waals surface area contributed by atoms with Crippen LogP contribution in [0, 0.1) is 13.8 Å². The van der Waals surface area contributed by atoms with E-state index in [0.29, 0.717) is 5.56 Å². The molecule has 0 aliphatic carbocycles. The minimum Gasteiger partial charge on any atom is -0.454 e. The second-order valence-electron chi connectivity index (χ2n) is 5.57. The smallest absolute Gasteiger partial charge is 0.325 e. The summed E-state index contributed by atoms with van der Waals surface area (Å²) in [4.78, 5) is 47.6. The number of aryl methyl sites for hydroxylation is 2. The number of likely N-dealkylation sites (N-methyl/N-ethyl adjacent to an activating group) is 2. The molecule has 2 N–H and O–H groups in total. The predicted molar refractivity (Wildman–Crippen MR) is 90.9 cm³/mol. The van der Waals surface area contributed by atoms with Crippen LogP contribution in [0.25, 0.3) is 0 Å². The zero-order valence-corrected chi connectivity index (χ0v) is 14.8. The molecule has 25 heavy (non-hydrogen) atoms. The highest BCUT2D eigenvalue weighted by molar-refractivity contribution is 5.96. The van der Waals surface area contributed by atoms with E-state index < -0.39 is 24.4 Å². The third-order valence-corrected chi connectivity index (χ3v) is 3.60. The average molecular weight is 349 g/mol. The van der Waals surface area contributed by atoms with Crippen molar-refractivity contribution in [2.24, 2.45) is 0 Å². The van der Waals surface area contributed by atoms with Crippen LogP contribution < -0.4 is 10.6 Å². The molecule has 0 bridgehead atoms. The van der Waals surface area contributed by atoms with Gasteiger partial charge in [0.15, 0.2) is 6.61 Å². The summed E-state index contributed by atoms with van der Waals surface area (Å²) in [6.45, 7) is 2.86. The van der Waals surface area contributed by atoms with Gasteiger partial charge in [0.2, 0.25) is 5.91 Å². The number of amides is 3. The monoisotopic (exact) mass is 349 g/mol. The van der Waals surface area contributed by atoms with E-state index in [1.165, 1.54) is 14.1 Å². The van der Waals surface area contributed by atoms with Crippen LogP contribution >= 0.6 is 0 Å². The number of esters is 1. The van der Waals surface area contributed by atoms with Gasteiger partial charge in [0.1, 0.15) is 6.54 Å². The number of carbonyl (C=O) groups excluding carboxylic acids is 4. The summed E-state index contributed by atoms with van der Waals surface area (Å²) in [5.41, 5.74) is 2.48. The lowest BCUT2D eigenvalue weighted by Gasteiger charge is -2.16. The van der Waals surface area contributed by atoms with Crippen molar-refractivity contribution in [1.29, 1.82) is 0 Å². The van der Waals surface area contributed by atoms with Gasteiger partial charge in [0.25, 0.3) is 11.8 Å². The van der Waals surface area contributed by atoms with Crippen LogP contribution in [0.5, 0.6) is 0 Å². The van der Waals surface area contributed by atoms with Gasteiger partial charge in [-0.15, -0.1) is 0 Å². The molecule has 3 amide bonds. The highest BCUT2D eigenvalue weighted by atomic mass is 16.5. The van der Waals surface area contributed by atoms with Gasteiger partial charge in [0.05, 0.1) is 6.54 Å². The first-order valence-corrected chi connectivity index (χ1v) is 7.70. The van der Waals surface area contributed by atoms with Crippen molar-refractivity contribution in [3.05, 3.63) is 34.9 Å². The molecule has 1 rings (SSSR count). The zero-order valence-electron chi connectivity index (χ0n) is 14.8. The standard InChI is InChI=1S/C17H23N3O5/c1-11-5-6-13(7-12(11)2)17(24)19-8-16(23)25-10-15(22)20(4)9-14(21)18-3/h5-7H,8-10H2,1-4H3,(H,18,21)(H,19,24). The molecule has 1 aromatic carbocycles. The Morgan fingerprint density at radius 1 is 1.12 bits per heavy atom. The summed E-state index contributed by atoms with van der Waals surface area (Å²) in [6.07, 6.45) is 0. The van der Waals surface area contributed by atoms with Crippen molar-refractivity contribution in [2.45, 2.75) is 13.8 Å². The molecule has 0 saturated heterocycles. The first kappa shape index (κ1) is 20.1. The summed E-state index contributed by atoms with van der Waals surface area (Å²) in [5.74, 6) is -1.98. The molecule has 0 aromatic heterocycles. The van der Waals surface area contributed by atoms with Crippen LogP contribution in [-0.2, 0) is 19.1 Å². The molecule has 0 atom stereocenters. The lowest BCUT2D eigenvalue weighted by Crippen LogP contribution is -2.39. The molecule has 8 nitrogen and oxygen atoms in total. The first-order valence-electron chi connectivity index (χ1n) is 7.70. The highest BCUT2D eigenvalue weighted by Crippen LogP contribution is 2.09. The fourth-order valence-electron chi connectivity index (χ4n) is 1.82. The van der Waals surface area contributed by atoms with Gasteiger partial charge >= 0.3 is 5.97 Å². The average Bonchev–Trinajstić information content (AvgIpc) is 2.59. The van der Waals surface area contributed by atoms with Crippen LogP contribution in [-0.4, -0.2) is 62.4 Å². The number of carbonyl (C=O) groups is 4. The lowest BCUT2D eigenvalue weighted by molar-refractivity contribution is -0.151. The maximum absolute atomic E-state index is 12.0. The number of nitrogens with one attached hydrogen (secondary N) is 2. The first-order chi connectivity index (χ1) is 11.7. The Morgan fingerprint density at radius 3 is 2.40 bits per heavy atom. The third kappa shape index (κ3) is 6.62. The van der Waals surface area contributed by atoms with Crippen molar-refractivity contribution in [1.82, 2.24) is 15.5 Å². The highest BCUT2D eigenvalue weighted by Gasteiger charge is 2.15. The van der Waals surface area contributed by atoms with Gasteiger partial charge in [-0.25, -0.2) is 0 Å². The van der Waals surface area contributed by atoms with Crippen molar-refractivity contribution in [3.63, 3.8) is 0 Å². The number of rotatable bonds is 7. The summed E-state index contributed by atoms with van der Waals surface area (Å²) in [7, 11) is 2.88. The number of nitrogens with zero attached hydrogens (tertiary/aromatic N) is 1. The quantitative estimate of drug-likeness (QED) is 0.662. The molecule has 0 heterocycles. The van der Waals surface area contributed by atoms with E-state index in [2.05, 4.69) is 10.6 Å². The third-order valence-electron chi connectivity index (χ3n) is 3.60. The van der Waals surface area contributed by atoms with Crippen LogP contribution in [0.3, 0.4) is 0 Å². The molecule has 0 aliphatic rings. The number of hydrogen-bond donors (Lipinski definition) is 2. The second kappa shape index (κ2) is 9.41. The molecule has 0 saturated carbocycles. The molecule has 0 unspecified atom stereocenters. The summed E-state index contributed by atoms with van der Waals surface area (Å²) >= 11 is 0. The largest absolute Gasteiger partial charge is 0.454 e. The number of benzene rings is 1. The fourth-order valence-corrected chi connectivity index (χ4v) is 1.82. The summed E-state index contributed by atoms with van der Waals surface area (Å²) in [5, 5.41) is 4.82. The molecule has 8 heteroatoms. The van der Waals surface area contributed by atoms with E-state index in [1.54, 1.807) is 12.1 Å². The fraction of sp³-hybridized carbons (Fsp3) is 0.412. The van der Waals surface area contributed by atoms with Gasteiger partial charge in [0, 0.05) is 19.7 Å². The van der Waals surface area contributed by atoms with Gasteiger partial charge in [-0.3, -0.25) is 19.2 Å². The predicted octanol–water partition coefficient (Wildman–Crippen LogP) is -0.219. The van der Waals surface area contributed by atoms with Crippen LogP contribution in [0.2, 0.25) is 0 Å². The summed E-state index contributed by atoms with van der Waals surface area (Å²) in [6, 6.07) is 5.22. The van der Waals surface area contributed by atoms with Crippen molar-refractivity contribution in [3.8, 4) is 0 Å². The maximum atomic E-state index is 12.0.